The molecule has 0 bridgehead atoms. The Morgan fingerprint density at radius 3 is 2.57 bits per heavy atom. The van der Waals surface area contributed by atoms with Crippen molar-refractivity contribution in [1.29, 1.82) is 5.26 Å². The molecule has 0 radical (unpaired) electrons. The number of amides is 3. The van der Waals surface area contributed by atoms with E-state index in [9.17, 15) is 28.0 Å². The number of nitrogens with zero attached hydrogens (tertiary/aromatic N) is 2. The summed E-state index contributed by atoms with van der Waals surface area (Å²) in [5.41, 5.74) is 1.73. The van der Waals surface area contributed by atoms with Crippen LogP contribution in [0.15, 0.2) is 48.2 Å². The fraction of sp³-hybridized carbons (Fsp3) is 0.346. The van der Waals surface area contributed by atoms with E-state index in [1.54, 1.807) is 6.07 Å². The number of benzene rings is 2. The van der Waals surface area contributed by atoms with Gasteiger partial charge in [0.25, 0.3) is 5.91 Å². The van der Waals surface area contributed by atoms with E-state index < -0.39 is 35.4 Å². The molecule has 0 aromatic heterocycles. The molecule has 196 valence electrons. The highest BCUT2D eigenvalue weighted by atomic mass is 35.5. The first-order valence-electron chi connectivity index (χ1n) is 11.8. The van der Waals surface area contributed by atoms with Crippen LogP contribution in [0.5, 0.6) is 0 Å². The standard InChI is InChI=1S/C26H26F3N5O2.ClH/c27-19-3-4-20(18(12-19)14-30)16-6-10-34(11-7-16)9-1-8-31-25(35)21-15-32-26(36)33-24(21)17-2-5-22(28)23(29)13-17;/h2-5,12-13,15-16,24H,1,6-11H2,(H,31,35)(H2,32,33,36);1H. The van der Waals surface area contributed by atoms with Gasteiger partial charge >= 0.3 is 6.03 Å². The van der Waals surface area contributed by atoms with Gasteiger partial charge in [-0.05, 0) is 80.2 Å². The first-order valence-corrected chi connectivity index (χ1v) is 11.8. The van der Waals surface area contributed by atoms with Crippen molar-refractivity contribution in [2.24, 2.45) is 0 Å². The first-order chi connectivity index (χ1) is 17.4. The summed E-state index contributed by atoms with van der Waals surface area (Å²) in [6.45, 7) is 2.83. The molecule has 1 saturated heterocycles. The average molecular weight is 534 g/mol. The van der Waals surface area contributed by atoms with E-state index in [2.05, 4.69) is 26.9 Å². The van der Waals surface area contributed by atoms with Crippen LogP contribution in [0, 0.1) is 28.8 Å². The minimum absolute atomic E-state index is 0. The molecular weight excluding hydrogens is 507 g/mol. The maximum Gasteiger partial charge on any atom is 0.319 e. The third-order valence-electron chi connectivity index (χ3n) is 6.58. The Hall–Kier alpha value is -3.55. The molecule has 3 N–H and O–H groups in total. The Morgan fingerprint density at radius 2 is 1.86 bits per heavy atom. The summed E-state index contributed by atoms with van der Waals surface area (Å²) in [5, 5.41) is 17.1. The van der Waals surface area contributed by atoms with E-state index in [-0.39, 0.29) is 29.5 Å². The normalized spacial score (nSPS) is 18.1. The molecule has 37 heavy (non-hydrogen) atoms. The van der Waals surface area contributed by atoms with Gasteiger partial charge in [0, 0.05) is 12.7 Å². The van der Waals surface area contributed by atoms with Crippen molar-refractivity contribution in [3.8, 4) is 6.07 Å². The molecule has 7 nitrogen and oxygen atoms in total. The maximum atomic E-state index is 13.7. The van der Waals surface area contributed by atoms with Gasteiger partial charge in [0.15, 0.2) is 11.6 Å². The van der Waals surface area contributed by atoms with E-state index in [0.29, 0.717) is 18.5 Å². The molecule has 2 aliphatic rings. The van der Waals surface area contributed by atoms with Gasteiger partial charge in [-0.25, -0.2) is 18.0 Å². The van der Waals surface area contributed by atoms with Crippen LogP contribution < -0.4 is 16.0 Å². The number of likely N-dealkylation sites (tertiary alicyclic amines) is 1. The second-order valence-corrected chi connectivity index (χ2v) is 8.89. The Morgan fingerprint density at radius 1 is 1.11 bits per heavy atom. The van der Waals surface area contributed by atoms with Gasteiger partial charge in [-0.2, -0.15) is 5.26 Å². The van der Waals surface area contributed by atoms with E-state index in [1.807, 2.05) is 0 Å². The van der Waals surface area contributed by atoms with Gasteiger partial charge in [0.1, 0.15) is 5.82 Å². The third-order valence-corrected chi connectivity index (χ3v) is 6.58. The van der Waals surface area contributed by atoms with Gasteiger partial charge in [0.2, 0.25) is 0 Å². The number of rotatable bonds is 7. The largest absolute Gasteiger partial charge is 0.352 e. The monoisotopic (exact) mass is 533 g/mol. The summed E-state index contributed by atoms with van der Waals surface area (Å²) in [4.78, 5) is 26.8. The Balaban J connectivity index is 0.00000380. The molecule has 1 unspecified atom stereocenters. The first kappa shape index (κ1) is 28.0. The number of hydrogen-bond acceptors (Lipinski definition) is 4. The highest BCUT2D eigenvalue weighted by molar-refractivity contribution is 5.97. The quantitative estimate of drug-likeness (QED) is 0.468. The van der Waals surface area contributed by atoms with Crippen molar-refractivity contribution in [1.82, 2.24) is 20.9 Å². The minimum Gasteiger partial charge on any atom is -0.352 e. The molecule has 1 atom stereocenters. The van der Waals surface area contributed by atoms with Gasteiger partial charge in [-0.15, -0.1) is 12.4 Å². The number of urea groups is 1. The molecule has 0 saturated carbocycles. The van der Waals surface area contributed by atoms with Crippen molar-refractivity contribution in [2.45, 2.75) is 31.2 Å². The van der Waals surface area contributed by atoms with Crippen LogP contribution in [-0.2, 0) is 4.79 Å². The Bertz CT molecular complexity index is 1230. The van der Waals surface area contributed by atoms with E-state index in [4.69, 9.17) is 0 Å². The van der Waals surface area contributed by atoms with Crippen LogP contribution in [0.2, 0.25) is 0 Å². The number of hydrogen-bond donors (Lipinski definition) is 3. The number of carbonyl (C=O) groups is 2. The summed E-state index contributed by atoms with van der Waals surface area (Å²) in [7, 11) is 0. The molecule has 0 spiro atoms. The number of nitriles is 1. The Labute approximate surface area is 219 Å². The molecule has 2 heterocycles. The average Bonchev–Trinajstić information content (AvgIpc) is 2.88. The van der Waals surface area contributed by atoms with Crippen LogP contribution in [0.4, 0.5) is 18.0 Å². The lowest BCUT2D eigenvalue weighted by atomic mass is 9.86. The highest BCUT2D eigenvalue weighted by Gasteiger charge is 2.29. The van der Waals surface area contributed by atoms with Gasteiger partial charge in [-0.3, -0.25) is 4.79 Å². The van der Waals surface area contributed by atoms with Gasteiger partial charge in [-0.1, -0.05) is 12.1 Å². The third kappa shape index (κ3) is 6.81. The molecule has 2 aromatic carbocycles. The second-order valence-electron chi connectivity index (χ2n) is 8.89. The molecule has 11 heteroatoms. The molecular formula is C26H27ClF3N5O2. The SMILES string of the molecule is Cl.N#Cc1cc(F)ccc1C1CCN(CCCNC(=O)C2=CNC(=O)NC2c2ccc(F)c(F)c2)CC1. The number of halogens is 4. The highest BCUT2D eigenvalue weighted by Crippen LogP contribution is 2.30. The van der Waals surface area contributed by atoms with Crippen molar-refractivity contribution >= 4 is 24.3 Å². The molecule has 1 fully saturated rings. The lowest BCUT2D eigenvalue weighted by molar-refractivity contribution is -0.117. The second kappa shape index (κ2) is 12.6. The zero-order valence-electron chi connectivity index (χ0n) is 19.9. The van der Waals surface area contributed by atoms with Crippen LogP contribution in [0.3, 0.4) is 0 Å². The molecule has 2 aromatic rings. The van der Waals surface area contributed by atoms with Crippen molar-refractivity contribution < 1.29 is 22.8 Å². The van der Waals surface area contributed by atoms with E-state index in [0.717, 1.165) is 50.2 Å². The van der Waals surface area contributed by atoms with Gasteiger partial charge in [0.05, 0.1) is 23.2 Å². The summed E-state index contributed by atoms with van der Waals surface area (Å²) in [5.74, 6) is -2.69. The van der Waals surface area contributed by atoms with Crippen LogP contribution in [-0.4, -0.2) is 43.0 Å². The maximum absolute atomic E-state index is 13.7. The predicted molar refractivity (Wildman–Crippen MR) is 133 cm³/mol. The van der Waals surface area contributed by atoms with Crippen LogP contribution in [0.25, 0.3) is 0 Å². The topological polar surface area (TPSA) is 97.3 Å². The zero-order valence-corrected chi connectivity index (χ0v) is 20.7. The zero-order chi connectivity index (χ0) is 25.7. The number of carbonyl (C=O) groups excluding carboxylic acids is 2. The fourth-order valence-electron chi connectivity index (χ4n) is 4.68. The summed E-state index contributed by atoms with van der Waals surface area (Å²) in [6.07, 6.45) is 3.69. The van der Waals surface area contributed by atoms with Crippen molar-refractivity contribution in [2.75, 3.05) is 26.2 Å². The smallest absolute Gasteiger partial charge is 0.319 e. The van der Waals surface area contributed by atoms with E-state index >= 15 is 0 Å². The molecule has 4 rings (SSSR count). The predicted octanol–water partition coefficient (Wildman–Crippen LogP) is 4.02. The molecule has 2 aliphatic heterocycles. The molecule has 0 aliphatic carbocycles. The van der Waals surface area contributed by atoms with Crippen molar-refractivity contribution in [3.05, 3.63) is 82.3 Å². The van der Waals surface area contributed by atoms with Crippen LogP contribution >= 0.6 is 12.4 Å². The summed E-state index contributed by atoms with van der Waals surface area (Å²) in [6, 6.07) is 8.25. The fourth-order valence-corrected chi connectivity index (χ4v) is 4.68. The van der Waals surface area contributed by atoms with Gasteiger partial charge < -0.3 is 20.9 Å². The minimum atomic E-state index is -1.06. The number of piperidine rings is 1. The van der Waals surface area contributed by atoms with Crippen LogP contribution in [0.1, 0.15) is 47.9 Å². The summed E-state index contributed by atoms with van der Waals surface area (Å²) >= 11 is 0. The lowest BCUT2D eigenvalue weighted by Gasteiger charge is -2.32. The van der Waals surface area contributed by atoms with Crippen molar-refractivity contribution in [3.63, 3.8) is 0 Å². The molecule has 3 amide bonds. The number of nitrogens with one attached hydrogen (secondary N) is 3. The lowest BCUT2D eigenvalue weighted by Crippen LogP contribution is -2.45. The summed E-state index contributed by atoms with van der Waals surface area (Å²) < 4.78 is 40.4. The Kier molecular flexibility index (Phi) is 9.55. The van der Waals surface area contributed by atoms with E-state index in [1.165, 1.54) is 24.4 Å².